The normalized spacial score (nSPS) is 20.5. The van der Waals surface area contributed by atoms with Crippen LogP contribution in [0.15, 0.2) is 54.7 Å². The Labute approximate surface area is 325 Å². The van der Waals surface area contributed by atoms with Crippen LogP contribution in [0.3, 0.4) is 0 Å². The number of rotatable bonds is 5. The Morgan fingerprint density at radius 2 is 1.74 bits per heavy atom. The van der Waals surface area contributed by atoms with Gasteiger partial charge in [-0.3, -0.25) is 4.79 Å². The minimum absolute atomic E-state index is 0.0576. The Kier molecular flexibility index (Phi) is 8.83. The molecule has 3 atom stereocenters. The van der Waals surface area contributed by atoms with Crippen LogP contribution in [0.4, 0.5) is 30.8 Å². The molecule has 19 heteroatoms. The molecule has 296 valence electrons. The molecule has 0 unspecified atom stereocenters. The van der Waals surface area contributed by atoms with Gasteiger partial charge in [0.15, 0.2) is 21.3 Å². The van der Waals surface area contributed by atoms with E-state index in [9.17, 15) is 17.6 Å². The summed E-state index contributed by atoms with van der Waals surface area (Å²) in [5.74, 6) is -0.653. The maximum absolute atomic E-state index is 15.2. The number of imidazole rings is 1. The molecule has 0 radical (unpaired) electrons. The highest BCUT2D eigenvalue weighted by Gasteiger charge is 2.42. The summed E-state index contributed by atoms with van der Waals surface area (Å²) in [6.45, 7) is 2.87. The highest BCUT2D eigenvalue weighted by Crippen LogP contribution is 2.37. The molecule has 4 bridgehead atoms. The predicted molar refractivity (Wildman–Crippen MR) is 207 cm³/mol. The summed E-state index contributed by atoms with van der Waals surface area (Å²) in [5, 5.41) is 7.71. The quantitative estimate of drug-likeness (QED) is 0.270. The van der Waals surface area contributed by atoms with Gasteiger partial charge in [-0.15, -0.1) is 0 Å². The van der Waals surface area contributed by atoms with Crippen molar-refractivity contribution < 1.29 is 31.1 Å². The number of benzene rings is 2. The first-order valence-corrected chi connectivity index (χ1v) is 20.3. The molecule has 6 aromatic rings. The molecule has 2 aromatic carbocycles. The Morgan fingerprint density at radius 3 is 2.49 bits per heavy atom. The van der Waals surface area contributed by atoms with Crippen LogP contribution in [0.2, 0.25) is 0 Å². The molecule has 0 aliphatic carbocycles. The Balaban J connectivity index is 1.17. The number of anilines is 3. The molecule has 57 heavy (non-hydrogen) atoms. The molecule has 7 heterocycles. The van der Waals surface area contributed by atoms with Gasteiger partial charge in [0.25, 0.3) is 0 Å². The van der Waals surface area contributed by atoms with E-state index in [1.54, 1.807) is 30.0 Å². The second-order valence-corrected chi connectivity index (χ2v) is 17.2. The van der Waals surface area contributed by atoms with Gasteiger partial charge in [-0.25, -0.2) is 36.2 Å². The third-order valence-electron chi connectivity index (χ3n) is 11.1. The number of halogens is 3. The number of aromatic nitrogens is 7. The molecule has 15 nitrogen and oxygen atoms in total. The van der Waals surface area contributed by atoms with Crippen LogP contribution in [0.5, 0.6) is 0 Å². The van der Waals surface area contributed by atoms with Crippen LogP contribution in [-0.2, 0) is 25.9 Å². The van der Waals surface area contributed by atoms with Crippen molar-refractivity contribution in [3.63, 3.8) is 0 Å². The fraction of sp³-hybridized carbons (Fsp3) is 0.368. The molecule has 9 rings (SSSR count). The third-order valence-corrected chi connectivity index (χ3v) is 12.6. The number of pyridine rings is 1. The van der Waals surface area contributed by atoms with Crippen molar-refractivity contribution in [2.45, 2.75) is 43.3 Å². The predicted octanol–water partition coefficient (Wildman–Crippen LogP) is 3.73. The van der Waals surface area contributed by atoms with Gasteiger partial charge in [0.1, 0.15) is 40.8 Å². The Morgan fingerprint density at radius 1 is 0.930 bits per heavy atom. The molecular formula is C38H38F3N11O4S. The summed E-state index contributed by atoms with van der Waals surface area (Å²) in [4.78, 5) is 39.1. The number of amides is 1. The van der Waals surface area contributed by atoms with Gasteiger partial charge in [0, 0.05) is 70.3 Å². The van der Waals surface area contributed by atoms with E-state index in [-0.39, 0.29) is 55.4 Å². The highest BCUT2D eigenvalue weighted by molar-refractivity contribution is 7.91. The number of hydrogen-bond acceptors (Lipinski definition) is 12. The van der Waals surface area contributed by atoms with Gasteiger partial charge < -0.3 is 29.3 Å². The standard InChI is InChI=1S/C38H38F3N11O4S/c1-20-43-30-12-22(40)10-26-29-6-5-7-33(45-29)44-23-13-32(37(53)48(2)16-24(56-3)17-50(20)34(26)30)51(15-23)35-27-14-42-52(31-9-8-21(39)11-28(31)41)36(27)47-38(46-35)49-18-25(19-49)57(4,54)55/h5-12,14,23-25,32H,13,15-19H2,1-4H3,(H,44,45)/t23-,24-,32-/m0/s1. The topological polar surface area (TPSA) is 156 Å². The number of carbonyl (C=O) groups is 1. The average molecular weight is 802 g/mol. The lowest BCUT2D eigenvalue weighted by Gasteiger charge is -2.38. The molecule has 2 saturated heterocycles. The van der Waals surface area contributed by atoms with Crippen LogP contribution in [0.25, 0.3) is 39.0 Å². The first-order chi connectivity index (χ1) is 27.2. The Hall–Kier alpha value is -5.82. The van der Waals surface area contributed by atoms with Gasteiger partial charge in [-0.2, -0.15) is 15.1 Å². The van der Waals surface area contributed by atoms with Crippen LogP contribution >= 0.6 is 0 Å². The monoisotopic (exact) mass is 801 g/mol. The number of likely N-dealkylation sites (N-methyl/N-ethyl adjacent to an activating group) is 1. The van der Waals surface area contributed by atoms with Crippen molar-refractivity contribution >= 4 is 55.4 Å². The van der Waals surface area contributed by atoms with Crippen LogP contribution in [0, 0.1) is 24.4 Å². The lowest BCUT2D eigenvalue weighted by molar-refractivity contribution is -0.132. The largest absolute Gasteiger partial charge is 0.378 e. The molecule has 1 amide bonds. The van der Waals surface area contributed by atoms with Gasteiger partial charge in [-0.05, 0) is 43.7 Å². The number of carbonyl (C=O) groups excluding carboxylic acids is 1. The number of ether oxygens (including phenoxy) is 1. The van der Waals surface area contributed by atoms with Crippen molar-refractivity contribution in [3.05, 3.63) is 78.0 Å². The number of fused-ring (bicyclic) bond motifs is 6. The molecular weight excluding hydrogens is 764 g/mol. The number of nitrogens with zero attached hydrogens (tertiary/aromatic N) is 10. The zero-order chi connectivity index (χ0) is 39.9. The maximum atomic E-state index is 15.2. The lowest BCUT2D eigenvalue weighted by Crippen LogP contribution is -2.55. The fourth-order valence-corrected chi connectivity index (χ4v) is 8.96. The van der Waals surface area contributed by atoms with Gasteiger partial charge in [0.2, 0.25) is 11.9 Å². The number of sulfone groups is 1. The van der Waals surface area contributed by atoms with Crippen LogP contribution < -0.4 is 15.1 Å². The molecule has 4 aromatic heterocycles. The summed E-state index contributed by atoms with van der Waals surface area (Å²) in [7, 11) is -0.0653. The zero-order valence-electron chi connectivity index (χ0n) is 31.4. The molecule has 3 aliphatic rings. The molecule has 0 saturated carbocycles. The molecule has 0 spiro atoms. The van der Waals surface area contributed by atoms with Crippen molar-refractivity contribution in [1.29, 1.82) is 0 Å². The number of methoxy groups -OCH3 is 1. The number of aryl methyl sites for hydroxylation is 1. The highest BCUT2D eigenvalue weighted by atomic mass is 32.2. The van der Waals surface area contributed by atoms with Gasteiger partial charge in [-0.1, -0.05) is 6.07 Å². The zero-order valence-corrected chi connectivity index (χ0v) is 32.2. The second-order valence-electron chi connectivity index (χ2n) is 14.9. The van der Waals surface area contributed by atoms with E-state index >= 15 is 8.78 Å². The first-order valence-electron chi connectivity index (χ1n) is 18.4. The molecule has 2 fully saturated rings. The third kappa shape index (κ3) is 6.47. The minimum atomic E-state index is -3.34. The van der Waals surface area contributed by atoms with Crippen molar-refractivity contribution in [2.24, 2.45) is 0 Å². The van der Waals surface area contributed by atoms with E-state index in [1.165, 1.54) is 35.3 Å². The van der Waals surface area contributed by atoms with E-state index in [4.69, 9.17) is 19.7 Å². The second kappa shape index (κ2) is 13.7. The minimum Gasteiger partial charge on any atom is -0.378 e. The maximum Gasteiger partial charge on any atom is 0.245 e. The number of nitrogens with one attached hydrogen (secondary N) is 1. The number of hydrogen-bond donors (Lipinski definition) is 1. The van der Waals surface area contributed by atoms with Crippen molar-refractivity contribution in [2.75, 3.05) is 61.7 Å². The van der Waals surface area contributed by atoms with E-state index in [2.05, 4.69) is 15.4 Å². The smallest absolute Gasteiger partial charge is 0.245 e. The van der Waals surface area contributed by atoms with Crippen LogP contribution in [0.1, 0.15) is 12.2 Å². The van der Waals surface area contributed by atoms with Gasteiger partial charge in [0.05, 0.1) is 46.2 Å². The summed E-state index contributed by atoms with van der Waals surface area (Å²) in [6.07, 6.45) is 2.48. The molecule has 1 N–H and O–H groups in total. The molecule has 3 aliphatic heterocycles. The van der Waals surface area contributed by atoms with Crippen molar-refractivity contribution in [1.82, 2.24) is 39.2 Å². The summed E-state index contributed by atoms with van der Waals surface area (Å²) < 4.78 is 78.1. The average Bonchev–Trinajstić information content (AvgIpc) is 3.84. The first kappa shape index (κ1) is 36.8. The summed E-state index contributed by atoms with van der Waals surface area (Å²) in [6, 6.07) is 10.3. The van der Waals surface area contributed by atoms with Crippen LogP contribution in [-0.4, -0.2) is 124 Å². The summed E-state index contributed by atoms with van der Waals surface area (Å²) >= 11 is 0. The van der Waals surface area contributed by atoms with Crippen molar-refractivity contribution in [3.8, 4) is 16.9 Å². The van der Waals surface area contributed by atoms with Gasteiger partial charge >= 0.3 is 0 Å². The summed E-state index contributed by atoms with van der Waals surface area (Å²) in [5.41, 5.74) is 2.39. The van der Waals surface area contributed by atoms with E-state index < -0.39 is 44.7 Å². The van der Waals surface area contributed by atoms with E-state index in [0.29, 0.717) is 58.1 Å². The van der Waals surface area contributed by atoms with E-state index in [0.717, 1.165) is 12.1 Å². The Bertz CT molecular complexity index is 2700. The fourth-order valence-electron chi connectivity index (χ4n) is 8.06. The SMILES string of the molecule is CO[C@H]1CN(C)C(=O)[C@@H]2C[C@@H](CN2c2nc(N3CC(S(C)(=O)=O)C3)nc3c2cnn3-c2ccc(F)cc2F)Nc2cccc(n2)-c2cc(F)cc3nc(C)n(c23)C1. The lowest BCUT2D eigenvalue weighted by atomic mass is 10.1. The van der Waals surface area contributed by atoms with E-state index in [1.807, 2.05) is 28.5 Å².